The van der Waals surface area contributed by atoms with Gasteiger partial charge in [0.2, 0.25) is 5.91 Å². The highest BCUT2D eigenvalue weighted by Gasteiger charge is 2.48. The highest BCUT2D eigenvalue weighted by atomic mass is 16.5. The van der Waals surface area contributed by atoms with Crippen LogP contribution >= 0.6 is 0 Å². The summed E-state index contributed by atoms with van der Waals surface area (Å²) < 4.78 is 5.35. The van der Waals surface area contributed by atoms with Crippen LogP contribution in [0.4, 0.5) is 0 Å². The predicted octanol–water partition coefficient (Wildman–Crippen LogP) is 3.33. The normalized spacial score (nSPS) is 22.4. The zero-order valence-electron chi connectivity index (χ0n) is 25.1. The van der Waals surface area contributed by atoms with Crippen molar-refractivity contribution in [3.8, 4) is 0 Å². The van der Waals surface area contributed by atoms with Crippen molar-refractivity contribution in [2.45, 2.75) is 89.6 Å². The summed E-state index contributed by atoms with van der Waals surface area (Å²) in [7, 11) is 0. The molecule has 41 heavy (non-hydrogen) atoms. The Morgan fingerprint density at radius 3 is 2.46 bits per heavy atom. The monoisotopic (exact) mass is 569 g/mol. The lowest BCUT2D eigenvalue weighted by Crippen LogP contribution is -2.49. The molecule has 1 aliphatic carbocycles. The van der Waals surface area contributed by atoms with Gasteiger partial charge in [0.05, 0.1) is 26.4 Å². The van der Waals surface area contributed by atoms with Crippen LogP contribution in [0.3, 0.4) is 0 Å². The van der Waals surface area contributed by atoms with Gasteiger partial charge in [0.15, 0.2) is 5.96 Å². The summed E-state index contributed by atoms with van der Waals surface area (Å²) >= 11 is 0. The van der Waals surface area contributed by atoms with Crippen LogP contribution in [0, 0.1) is 5.92 Å². The molecule has 9 nitrogen and oxygen atoms in total. The van der Waals surface area contributed by atoms with Crippen molar-refractivity contribution in [1.29, 1.82) is 0 Å². The number of ether oxygens (including phenoxy) is 1. The average Bonchev–Trinajstić information content (AvgIpc) is 3.22. The number of unbranched alkanes of at least 4 members (excludes halogenated alkanes) is 1. The number of amides is 2. The van der Waals surface area contributed by atoms with Crippen molar-refractivity contribution in [1.82, 2.24) is 14.7 Å². The van der Waals surface area contributed by atoms with Crippen LogP contribution < -0.4 is 5.73 Å². The molecular weight excluding hydrogens is 518 g/mol. The third-order valence-corrected chi connectivity index (χ3v) is 9.05. The number of hydrogen-bond donors (Lipinski definition) is 2. The van der Waals surface area contributed by atoms with Crippen molar-refractivity contribution >= 4 is 17.8 Å². The lowest BCUT2D eigenvalue weighted by atomic mass is 9.77. The fraction of sp³-hybridized carbons (Fsp3) is 0.719. The van der Waals surface area contributed by atoms with Gasteiger partial charge in [-0.25, -0.2) is 4.99 Å². The van der Waals surface area contributed by atoms with E-state index < -0.39 is 5.54 Å². The number of carbonyl (C=O) groups is 2. The quantitative estimate of drug-likeness (QED) is 0.314. The van der Waals surface area contributed by atoms with Crippen LogP contribution in [0.2, 0.25) is 0 Å². The van der Waals surface area contributed by atoms with Gasteiger partial charge in [-0.2, -0.15) is 0 Å². The third-order valence-electron chi connectivity index (χ3n) is 9.05. The summed E-state index contributed by atoms with van der Waals surface area (Å²) in [6.45, 7) is 7.64. The molecule has 1 aromatic carbocycles. The van der Waals surface area contributed by atoms with E-state index in [1.165, 1.54) is 32.1 Å². The Kier molecular flexibility index (Phi) is 12.0. The first-order valence-electron chi connectivity index (χ1n) is 15.9. The SMILES string of the molecule is CCCCC1(CC2CCCCC2)N=C(N)N(Cc2ccc(CCC(=O)N3CCN(CCOCCO)CC3)cc2)C1=O. The molecule has 2 heterocycles. The van der Waals surface area contributed by atoms with Gasteiger partial charge in [-0.3, -0.25) is 19.4 Å². The van der Waals surface area contributed by atoms with E-state index in [4.69, 9.17) is 20.6 Å². The van der Waals surface area contributed by atoms with E-state index in [0.717, 1.165) is 69.5 Å². The van der Waals surface area contributed by atoms with Crippen molar-refractivity contribution in [3.63, 3.8) is 0 Å². The minimum atomic E-state index is -0.693. The van der Waals surface area contributed by atoms with Crippen LogP contribution in [-0.2, 0) is 27.3 Å². The Bertz CT molecular complexity index is 1000. The van der Waals surface area contributed by atoms with Gasteiger partial charge >= 0.3 is 0 Å². The zero-order chi connectivity index (χ0) is 29.1. The van der Waals surface area contributed by atoms with Crippen molar-refractivity contribution in [3.05, 3.63) is 35.4 Å². The fourth-order valence-corrected chi connectivity index (χ4v) is 6.56. The van der Waals surface area contributed by atoms with Crippen molar-refractivity contribution < 1.29 is 19.4 Å². The molecule has 0 radical (unpaired) electrons. The second kappa shape index (κ2) is 15.7. The van der Waals surface area contributed by atoms with E-state index in [1.807, 2.05) is 17.0 Å². The number of aliphatic imine (C=N–C) groups is 1. The molecule has 1 saturated heterocycles. The molecule has 3 N–H and O–H groups in total. The number of aliphatic hydroxyl groups excluding tert-OH is 1. The van der Waals surface area contributed by atoms with Crippen LogP contribution in [0.5, 0.6) is 0 Å². The number of nitrogens with zero attached hydrogens (tertiary/aromatic N) is 4. The maximum atomic E-state index is 13.8. The molecule has 4 rings (SSSR count). The fourth-order valence-electron chi connectivity index (χ4n) is 6.56. The second-order valence-electron chi connectivity index (χ2n) is 12.1. The summed E-state index contributed by atoms with van der Waals surface area (Å²) in [5.74, 6) is 1.18. The van der Waals surface area contributed by atoms with E-state index in [1.54, 1.807) is 4.90 Å². The molecule has 0 spiro atoms. The number of benzene rings is 1. The molecule has 228 valence electrons. The Hall–Kier alpha value is -2.49. The van der Waals surface area contributed by atoms with Gasteiger partial charge in [0.1, 0.15) is 5.54 Å². The summed E-state index contributed by atoms with van der Waals surface area (Å²) in [5.41, 5.74) is 7.84. The van der Waals surface area contributed by atoms with Gasteiger partial charge in [0, 0.05) is 39.1 Å². The minimum Gasteiger partial charge on any atom is -0.394 e. The van der Waals surface area contributed by atoms with Crippen molar-refractivity contribution in [2.75, 3.05) is 52.5 Å². The van der Waals surface area contributed by atoms with Crippen molar-refractivity contribution in [2.24, 2.45) is 16.6 Å². The standard InChI is InChI=1S/C32H51N5O4/c1-2-3-15-32(24-27-7-5-4-6-8-27)30(40)37(31(33)34-32)25-28-11-9-26(10-12-28)13-14-29(39)36-18-16-35(17-19-36)20-22-41-23-21-38/h9-12,27,38H,2-8,13-25H2,1H3,(H2,33,34). The van der Waals surface area contributed by atoms with Crippen LogP contribution in [-0.4, -0.2) is 95.7 Å². The maximum Gasteiger partial charge on any atom is 0.257 e. The average molecular weight is 570 g/mol. The Morgan fingerprint density at radius 2 is 1.78 bits per heavy atom. The first-order chi connectivity index (χ1) is 19.9. The minimum absolute atomic E-state index is 0.0483. The van der Waals surface area contributed by atoms with Crippen LogP contribution in [0.15, 0.2) is 29.3 Å². The summed E-state index contributed by atoms with van der Waals surface area (Å²) in [5, 5.41) is 8.80. The van der Waals surface area contributed by atoms with E-state index in [9.17, 15) is 9.59 Å². The summed E-state index contributed by atoms with van der Waals surface area (Å²) in [6, 6.07) is 8.22. The molecule has 0 bridgehead atoms. The first-order valence-corrected chi connectivity index (χ1v) is 15.9. The smallest absolute Gasteiger partial charge is 0.257 e. The van der Waals surface area contributed by atoms with Gasteiger partial charge in [-0.15, -0.1) is 0 Å². The molecule has 0 aromatic heterocycles. The molecule has 2 aliphatic heterocycles. The lowest BCUT2D eigenvalue weighted by molar-refractivity contribution is -0.133. The molecule has 1 atom stereocenters. The van der Waals surface area contributed by atoms with Gasteiger partial charge in [-0.05, 0) is 36.3 Å². The number of aliphatic hydroxyl groups is 1. The first kappa shape index (κ1) is 31.4. The van der Waals surface area contributed by atoms with E-state index in [-0.39, 0.29) is 18.4 Å². The molecule has 3 aliphatic rings. The number of rotatable bonds is 15. The second-order valence-corrected chi connectivity index (χ2v) is 12.1. The van der Waals surface area contributed by atoms with Gasteiger partial charge in [-0.1, -0.05) is 76.1 Å². The molecule has 2 fully saturated rings. The highest BCUT2D eigenvalue weighted by molar-refractivity contribution is 6.06. The molecule has 1 aromatic rings. The third kappa shape index (κ3) is 8.75. The van der Waals surface area contributed by atoms with E-state index in [2.05, 4.69) is 24.0 Å². The van der Waals surface area contributed by atoms with Crippen LogP contribution in [0.1, 0.15) is 82.3 Å². The Morgan fingerprint density at radius 1 is 1.07 bits per heavy atom. The number of piperazine rings is 1. The molecule has 1 unspecified atom stereocenters. The summed E-state index contributed by atoms with van der Waals surface area (Å²) in [6.07, 6.45) is 11.0. The largest absolute Gasteiger partial charge is 0.394 e. The number of carbonyl (C=O) groups excluding carboxylic acids is 2. The Labute approximate surface area is 246 Å². The van der Waals surface area contributed by atoms with E-state index >= 15 is 0 Å². The maximum absolute atomic E-state index is 13.8. The number of guanidine groups is 1. The molecule has 1 saturated carbocycles. The molecular formula is C32H51N5O4. The van der Waals surface area contributed by atoms with Gasteiger partial charge in [0.25, 0.3) is 5.91 Å². The highest BCUT2D eigenvalue weighted by Crippen LogP contribution is 2.39. The van der Waals surface area contributed by atoms with Gasteiger partial charge < -0.3 is 20.5 Å². The summed E-state index contributed by atoms with van der Waals surface area (Å²) in [4.78, 5) is 37.4. The lowest BCUT2D eigenvalue weighted by Gasteiger charge is -2.34. The molecule has 2 amide bonds. The van der Waals surface area contributed by atoms with Crippen LogP contribution in [0.25, 0.3) is 0 Å². The number of hydrogen-bond acceptors (Lipinski definition) is 7. The predicted molar refractivity (Wildman–Crippen MR) is 161 cm³/mol. The Balaban J connectivity index is 1.25. The van der Waals surface area contributed by atoms with E-state index in [0.29, 0.717) is 44.5 Å². The zero-order valence-corrected chi connectivity index (χ0v) is 25.1. The molecule has 9 heteroatoms. The topological polar surface area (TPSA) is 112 Å². The number of nitrogens with two attached hydrogens (primary N) is 1. The number of aryl methyl sites for hydroxylation is 1.